The van der Waals surface area contributed by atoms with Gasteiger partial charge in [0.1, 0.15) is 11.4 Å². The van der Waals surface area contributed by atoms with Crippen molar-refractivity contribution in [2.75, 3.05) is 22.4 Å². The number of nitrogens with zero attached hydrogens (tertiary/aromatic N) is 3. The van der Waals surface area contributed by atoms with E-state index in [4.69, 9.17) is 4.74 Å². The predicted molar refractivity (Wildman–Crippen MR) is 122 cm³/mol. The normalized spacial score (nSPS) is 10.9. The lowest BCUT2D eigenvalue weighted by Crippen LogP contribution is -2.32. The third-order valence-electron chi connectivity index (χ3n) is 4.25. The molecule has 1 heterocycles. The largest absolute Gasteiger partial charge is 0.485 e. The molecule has 8 nitrogen and oxygen atoms in total. The van der Waals surface area contributed by atoms with Gasteiger partial charge in [-0.25, -0.2) is 4.98 Å². The maximum Gasteiger partial charge on any atom is 0.247 e. The molecule has 0 aliphatic carbocycles. The highest BCUT2D eigenvalue weighted by Gasteiger charge is 2.18. The molecule has 166 valence electrons. The molecule has 1 amide bonds. The number of ether oxygens (including phenoxy) is 1. The monoisotopic (exact) mass is 437 g/mol. The molecule has 3 aromatic rings. The van der Waals surface area contributed by atoms with Crippen molar-refractivity contribution in [2.24, 2.45) is 0 Å². The first-order chi connectivity index (χ1) is 15.3. The highest BCUT2D eigenvalue weighted by Crippen LogP contribution is 2.28. The summed E-state index contributed by atoms with van der Waals surface area (Å²) >= 11 is 0. The van der Waals surface area contributed by atoms with Crippen LogP contribution in [0.4, 0.5) is 33.3 Å². The van der Waals surface area contributed by atoms with Crippen LogP contribution in [0.5, 0.6) is 5.75 Å². The van der Waals surface area contributed by atoms with Crippen LogP contribution in [-0.4, -0.2) is 33.2 Å². The lowest BCUT2D eigenvalue weighted by Gasteiger charge is -2.23. The fourth-order valence-corrected chi connectivity index (χ4v) is 2.64. The maximum atomic E-state index is 15.0. The van der Waals surface area contributed by atoms with E-state index in [0.29, 0.717) is 22.2 Å². The minimum Gasteiger partial charge on any atom is -0.485 e. The third kappa shape index (κ3) is 6.02. The van der Waals surface area contributed by atoms with Crippen LogP contribution in [0.1, 0.15) is 13.8 Å². The number of benzene rings is 2. The lowest BCUT2D eigenvalue weighted by molar-refractivity contribution is -0.111. The Kier molecular flexibility index (Phi) is 7.01. The molecular weight excluding hydrogens is 413 g/mol. The standard InChI is InChI=1S/C23H24FN5O3/c1-4-21(31)26-17-6-5-7-18(14-17)29(24)20-12-13-25-22(28-20)27-16-8-10-19(11-9-16)32-23(2,3)15-30/h4-14,30H,1,15H2,2-3H3,(H,26,31)(H,25,27,28). The van der Waals surface area contributed by atoms with Gasteiger partial charge in [0.05, 0.1) is 12.3 Å². The summed E-state index contributed by atoms with van der Waals surface area (Å²) in [6.45, 7) is 6.84. The number of amides is 1. The average molecular weight is 437 g/mol. The first kappa shape index (κ1) is 22.7. The average Bonchev–Trinajstić information content (AvgIpc) is 2.80. The van der Waals surface area contributed by atoms with Gasteiger partial charge in [-0.05, 0) is 62.4 Å². The zero-order valence-corrected chi connectivity index (χ0v) is 17.7. The quantitative estimate of drug-likeness (QED) is 0.334. The summed E-state index contributed by atoms with van der Waals surface area (Å²) in [5.41, 5.74) is 0.595. The highest BCUT2D eigenvalue weighted by atomic mass is 19.2. The number of aliphatic hydroxyl groups is 1. The Morgan fingerprint density at radius 2 is 1.97 bits per heavy atom. The number of rotatable bonds is 9. The number of hydrogen-bond donors (Lipinski definition) is 3. The predicted octanol–water partition coefficient (Wildman–Crippen LogP) is 4.52. The van der Waals surface area contributed by atoms with Crippen LogP contribution in [0.3, 0.4) is 0 Å². The highest BCUT2D eigenvalue weighted by molar-refractivity contribution is 5.99. The molecule has 9 heteroatoms. The van der Waals surface area contributed by atoms with Gasteiger partial charge in [-0.3, -0.25) is 4.79 Å². The van der Waals surface area contributed by atoms with E-state index in [1.807, 2.05) is 0 Å². The number of halogens is 1. The zero-order valence-electron chi connectivity index (χ0n) is 17.7. The fourth-order valence-electron chi connectivity index (χ4n) is 2.64. The van der Waals surface area contributed by atoms with Crippen LogP contribution in [0, 0.1) is 0 Å². The minimum absolute atomic E-state index is 0.0133. The van der Waals surface area contributed by atoms with Crippen LogP contribution >= 0.6 is 0 Å². The molecule has 0 saturated carbocycles. The number of aliphatic hydroxyl groups excluding tert-OH is 1. The van der Waals surface area contributed by atoms with E-state index >= 15 is 0 Å². The van der Waals surface area contributed by atoms with E-state index in [9.17, 15) is 14.4 Å². The Morgan fingerprint density at radius 1 is 1.22 bits per heavy atom. The molecule has 1 aromatic heterocycles. The first-order valence-electron chi connectivity index (χ1n) is 9.79. The Bertz CT molecular complexity index is 1090. The Labute approximate surface area is 185 Å². The van der Waals surface area contributed by atoms with Crippen LogP contribution in [0.2, 0.25) is 0 Å². The van der Waals surface area contributed by atoms with Crippen LogP contribution in [0.25, 0.3) is 0 Å². The lowest BCUT2D eigenvalue weighted by atomic mass is 10.1. The number of anilines is 5. The van der Waals surface area contributed by atoms with E-state index < -0.39 is 11.5 Å². The van der Waals surface area contributed by atoms with Gasteiger partial charge in [-0.1, -0.05) is 17.1 Å². The first-order valence-corrected chi connectivity index (χ1v) is 9.79. The van der Waals surface area contributed by atoms with Gasteiger partial charge in [-0.2, -0.15) is 10.1 Å². The number of carbonyl (C=O) groups excluding carboxylic acids is 1. The summed E-state index contributed by atoms with van der Waals surface area (Å²) in [5.74, 6) is 0.421. The van der Waals surface area contributed by atoms with E-state index in [0.717, 1.165) is 6.08 Å². The summed E-state index contributed by atoms with van der Waals surface area (Å²) in [6.07, 6.45) is 2.57. The van der Waals surface area contributed by atoms with Crippen LogP contribution in [-0.2, 0) is 4.79 Å². The molecule has 3 N–H and O–H groups in total. The van der Waals surface area contributed by atoms with Crippen molar-refractivity contribution in [1.82, 2.24) is 9.97 Å². The summed E-state index contributed by atoms with van der Waals surface area (Å²) in [4.78, 5) is 19.8. The molecular formula is C23H24FN5O3. The molecule has 2 aromatic carbocycles. The summed E-state index contributed by atoms with van der Waals surface area (Å²) in [7, 11) is 0. The van der Waals surface area contributed by atoms with E-state index in [-0.39, 0.29) is 24.1 Å². The second kappa shape index (κ2) is 9.88. The summed E-state index contributed by atoms with van der Waals surface area (Å²) in [6, 6.07) is 14.7. The molecule has 0 unspecified atom stereocenters. The number of carbonyl (C=O) groups is 1. The van der Waals surface area contributed by atoms with E-state index in [1.165, 1.54) is 18.3 Å². The van der Waals surface area contributed by atoms with Crippen LogP contribution < -0.4 is 20.5 Å². The minimum atomic E-state index is -0.692. The third-order valence-corrected chi connectivity index (χ3v) is 4.25. The van der Waals surface area contributed by atoms with Crippen molar-refractivity contribution in [3.8, 4) is 5.75 Å². The van der Waals surface area contributed by atoms with Crippen molar-refractivity contribution < 1.29 is 19.1 Å². The number of aromatic nitrogens is 2. The molecule has 32 heavy (non-hydrogen) atoms. The molecule has 0 radical (unpaired) electrons. The summed E-state index contributed by atoms with van der Waals surface area (Å²) in [5, 5.41) is 15.3. The number of nitrogens with one attached hydrogen (secondary N) is 2. The fraction of sp³-hybridized carbons (Fsp3) is 0.174. The van der Waals surface area contributed by atoms with Crippen molar-refractivity contribution in [3.63, 3.8) is 0 Å². The van der Waals surface area contributed by atoms with Gasteiger partial charge in [0.15, 0.2) is 5.82 Å². The van der Waals surface area contributed by atoms with Gasteiger partial charge < -0.3 is 20.5 Å². The Morgan fingerprint density at radius 3 is 2.66 bits per heavy atom. The molecule has 3 rings (SSSR count). The number of hydrogen-bond acceptors (Lipinski definition) is 7. The van der Waals surface area contributed by atoms with Crippen molar-refractivity contribution in [3.05, 3.63) is 73.4 Å². The van der Waals surface area contributed by atoms with E-state index in [1.54, 1.807) is 56.3 Å². The van der Waals surface area contributed by atoms with Gasteiger partial charge in [0, 0.05) is 23.6 Å². The van der Waals surface area contributed by atoms with E-state index in [2.05, 4.69) is 27.2 Å². The zero-order chi connectivity index (χ0) is 23.1. The van der Waals surface area contributed by atoms with Crippen molar-refractivity contribution in [2.45, 2.75) is 19.4 Å². The van der Waals surface area contributed by atoms with Crippen molar-refractivity contribution >= 4 is 34.7 Å². The second-order valence-corrected chi connectivity index (χ2v) is 7.43. The Balaban J connectivity index is 1.72. The molecule has 0 saturated heterocycles. The van der Waals surface area contributed by atoms with Crippen molar-refractivity contribution in [1.29, 1.82) is 0 Å². The molecule has 0 fully saturated rings. The van der Waals surface area contributed by atoms with Crippen LogP contribution in [0.15, 0.2) is 73.4 Å². The maximum absolute atomic E-state index is 15.0. The topological polar surface area (TPSA) is 99.6 Å². The molecule has 0 bridgehead atoms. The second-order valence-electron chi connectivity index (χ2n) is 7.43. The van der Waals surface area contributed by atoms with Gasteiger partial charge in [0.2, 0.25) is 11.9 Å². The summed E-state index contributed by atoms with van der Waals surface area (Å²) < 4.78 is 20.7. The molecule has 0 aliphatic heterocycles. The van der Waals surface area contributed by atoms with Gasteiger partial charge in [0.25, 0.3) is 0 Å². The molecule has 0 spiro atoms. The Hall–Kier alpha value is -3.98. The molecule has 0 atom stereocenters. The SMILES string of the molecule is C=CC(=O)Nc1cccc(N(F)c2ccnc(Nc3ccc(OC(C)(C)CO)cc3)n2)c1. The van der Waals surface area contributed by atoms with Gasteiger partial charge >= 0.3 is 0 Å². The van der Waals surface area contributed by atoms with Gasteiger partial charge in [-0.15, -0.1) is 0 Å². The molecule has 0 aliphatic rings. The smallest absolute Gasteiger partial charge is 0.247 e.